The van der Waals surface area contributed by atoms with E-state index in [0.717, 1.165) is 12.8 Å². The fourth-order valence-electron chi connectivity index (χ4n) is 2.59. The van der Waals surface area contributed by atoms with Gasteiger partial charge in [0.1, 0.15) is 0 Å². The van der Waals surface area contributed by atoms with Gasteiger partial charge in [-0.05, 0) is 32.1 Å². The molecule has 4 N–H and O–H groups in total. The normalized spacial score (nSPS) is 13.4. The number of aliphatic hydroxyl groups is 2. The Balaban J connectivity index is 0. The minimum absolute atomic E-state index is 0.332. The summed E-state index contributed by atoms with van der Waals surface area (Å²) in [7, 11) is -3.31. The van der Waals surface area contributed by atoms with E-state index in [2.05, 4.69) is 19.1 Å². The SMILES string of the molecule is CCCCCCCC/C=C\CCCCCCCC(=O)O.O=C(O)C(O)C(O)[P+](=O)[O-]. The summed E-state index contributed by atoms with van der Waals surface area (Å²) in [6.45, 7) is 2.26. The van der Waals surface area contributed by atoms with Crippen molar-refractivity contribution in [1.29, 1.82) is 0 Å². The van der Waals surface area contributed by atoms with Gasteiger partial charge in [0.25, 0.3) is 5.85 Å². The van der Waals surface area contributed by atoms with Crippen LogP contribution >= 0.6 is 8.03 Å². The molecule has 0 saturated carbocycles. The van der Waals surface area contributed by atoms with E-state index in [-0.39, 0.29) is 0 Å². The van der Waals surface area contributed by atoms with Crippen LogP contribution in [0.5, 0.6) is 0 Å². The molecule has 0 fully saturated rings. The molecule has 0 aliphatic carbocycles. The summed E-state index contributed by atoms with van der Waals surface area (Å²) in [6, 6.07) is 0. The van der Waals surface area contributed by atoms with E-state index in [1.54, 1.807) is 0 Å². The molecule has 0 rings (SSSR count). The molecule has 0 amide bonds. The van der Waals surface area contributed by atoms with Gasteiger partial charge in [0.2, 0.25) is 6.10 Å². The average Bonchev–Trinajstić information content (AvgIpc) is 2.69. The Labute approximate surface area is 180 Å². The Bertz CT molecular complexity index is 464. The maximum Gasteiger partial charge on any atom is 0.344 e. The third-order valence-corrected chi connectivity index (χ3v) is 5.12. The molecule has 0 saturated heterocycles. The first kappa shape index (κ1) is 30.9. The first-order valence-corrected chi connectivity index (χ1v) is 12.1. The number of aliphatic hydroxyl groups excluding tert-OH is 2. The van der Waals surface area contributed by atoms with Crippen LogP contribution in [0.3, 0.4) is 0 Å². The van der Waals surface area contributed by atoms with Crippen molar-refractivity contribution in [2.24, 2.45) is 0 Å². The molecule has 0 aromatic carbocycles. The molecule has 3 atom stereocenters. The van der Waals surface area contributed by atoms with Gasteiger partial charge in [0.15, 0.2) is 0 Å². The number of aliphatic carboxylic acids is 2. The van der Waals surface area contributed by atoms with Gasteiger partial charge >= 0.3 is 20.0 Å². The van der Waals surface area contributed by atoms with Gasteiger partial charge in [0.05, 0.1) is 0 Å². The maximum absolute atomic E-state index is 10.3. The number of hydrogen-bond acceptors (Lipinski definition) is 6. The van der Waals surface area contributed by atoms with Crippen molar-refractivity contribution in [2.45, 2.75) is 109 Å². The topological polar surface area (TPSA) is 155 Å². The number of hydrogen-bond donors (Lipinski definition) is 4. The lowest BCUT2D eigenvalue weighted by Crippen LogP contribution is -2.32. The lowest BCUT2D eigenvalue weighted by atomic mass is 10.1. The Kier molecular flexibility index (Phi) is 23.0. The summed E-state index contributed by atoms with van der Waals surface area (Å²) in [5.74, 6) is -4.66. The number of unbranched alkanes of at least 4 members (excludes halogenated alkanes) is 11. The second-order valence-electron chi connectivity index (χ2n) is 7.21. The Hall–Kier alpha value is -1.34. The fraction of sp³-hybridized carbons (Fsp3) is 0.810. The number of carbonyl (C=O) groups is 2. The third kappa shape index (κ3) is 22.9. The number of carboxylic acids is 2. The van der Waals surface area contributed by atoms with Crippen molar-refractivity contribution in [3.8, 4) is 0 Å². The number of carboxylic acid groups (broad SMARTS) is 2. The fourth-order valence-corrected chi connectivity index (χ4v) is 2.95. The van der Waals surface area contributed by atoms with E-state index >= 15 is 0 Å². The minimum Gasteiger partial charge on any atom is -0.593 e. The van der Waals surface area contributed by atoms with E-state index in [9.17, 15) is 19.0 Å². The monoisotopic (exact) mass is 450 g/mol. The van der Waals surface area contributed by atoms with Crippen LogP contribution in [0.2, 0.25) is 0 Å². The molecule has 0 aromatic rings. The van der Waals surface area contributed by atoms with Crippen molar-refractivity contribution in [1.82, 2.24) is 0 Å². The lowest BCUT2D eigenvalue weighted by Gasteiger charge is -2.03. The van der Waals surface area contributed by atoms with E-state index in [1.807, 2.05) is 0 Å². The zero-order chi connectivity index (χ0) is 23.2. The molecule has 0 aromatic heterocycles. The molecule has 9 heteroatoms. The highest BCUT2D eigenvalue weighted by Crippen LogP contribution is 2.17. The first-order chi connectivity index (χ1) is 14.2. The van der Waals surface area contributed by atoms with Gasteiger partial charge in [-0.2, -0.15) is 0 Å². The molecule has 8 nitrogen and oxygen atoms in total. The van der Waals surface area contributed by atoms with Crippen molar-refractivity contribution < 1.29 is 39.5 Å². The molecular formula is C21H39O8P. The van der Waals surface area contributed by atoms with E-state index in [4.69, 9.17) is 20.4 Å². The van der Waals surface area contributed by atoms with Gasteiger partial charge < -0.3 is 25.3 Å². The molecule has 0 spiro atoms. The van der Waals surface area contributed by atoms with Crippen LogP contribution in [-0.4, -0.2) is 44.3 Å². The van der Waals surface area contributed by atoms with E-state index < -0.39 is 31.9 Å². The van der Waals surface area contributed by atoms with Crippen LogP contribution in [0.1, 0.15) is 96.8 Å². The predicted molar refractivity (Wildman–Crippen MR) is 114 cm³/mol. The van der Waals surface area contributed by atoms with Crippen molar-refractivity contribution in [3.05, 3.63) is 12.2 Å². The molecule has 0 aliphatic rings. The molecule has 0 aliphatic heterocycles. The zero-order valence-electron chi connectivity index (χ0n) is 18.1. The van der Waals surface area contributed by atoms with Gasteiger partial charge in [0, 0.05) is 6.42 Å². The van der Waals surface area contributed by atoms with Gasteiger partial charge in [-0.15, -0.1) is 0 Å². The largest absolute Gasteiger partial charge is 0.593 e. The van der Waals surface area contributed by atoms with Crippen molar-refractivity contribution in [2.75, 3.05) is 0 Å². The lowest BCUT2D eigenvalue weighted by molar-refractivity contribution is -0.179. The van der Waals surface area contributed by atoms with Gasteiger partial charge in [-0.25, -0.2) is 4.79 Å². The molecule has 3 unspecified atom stereocenters. The number of rotatable bonds is 18. The van der Waals surface area contributed by atoms with Crippen molar-refractivity contribution >= 4 is 20.0 Å². The summed E-state index contributed by atoms with van der Waals surface area (Å²) in [6.07, 6.45) is 19.0. The van der Waals surface area contributed by atoms with Crippen LogP contribution in [0.25, 0.3) is 0 Å². The Morgan fingerprint density at radius 2 is 1.27 bits per heavy atom. The summed E-state index contributed by atoms with van der Waals surface area (Å²) in [5.41, 5.74) is 0. The zero-order valence-corrected chi connectivity index (χ0v) is 19.0. The highest BCUT2D eigenvalue weighted by molar-refractivity contribution is 7.37. The van der Waals surface area contributed by atoms with Crippen molar-refractivity contribution in [3.63, 3.8) is 0 Å². The van der Waals surface area contributed by atoms with Crippen LogP contribution in [-0.2, 0) is 14.2 Å². The smallest absolute Gasteiger partial charge is 0.344 e. The molecule has 0 bridgehead atoms. The summed E-state index contributed by atoms with van der Waals surface area (Å²) in [5, 5.41) is 33.1. The van der Waals surface area contributed by atoms with Gasteiger partial charge in [-0.3, -0.25) is 4.79 Å². The second-order valence-corrected chi connectivity index (χ2v) is 8.31. The Morgan fingerprint density at radius 1 is 0.833 bits per heavy atom. The van der Waals surface area contributed by atoms with Crippen LogP contribution in [0.4, 0.5) is 0 Å². The standard InChI is InChI=1S/C18H34O2.C3H5O6P/c1-2-3-4-5-6-7-8-9-10-11-12-13-14-15-16-17-18(19)20;4-1(2(5)6)3(7)10(8)9/h9-10H,2-8,11-17H2,1H3,(H,19,20);1,3-4,7H,(H,5,6)/b10-9-;. The molecule has 30 heavy (non-hydrogen) atoms. The summed E-state index contributed by atoms with van der Waals surface area (Å²) < 4.78 is 9.81. The second kappa shape index (κ2) is 22.3. The quantitative estimate of drug-likeness (QED) is 0.139. The third-order valence-electron chi connectivity index (χ3n) is 4.40. The highest BCUT2D eigenvalue weighted by atomic mass is 31.1. The first-order valence-electron chi connectivity index (χ1n) is 10.8. The molecule has 176 valence electrons. The van der Waals surface area contributed by atoms with Crippen LogP contribution in [0.15, 0.2) is 12.2 Å². The molecular weight excluding hydrogens is 411 g/mol. The molecule has 0 heterocycles. The predicted octanol–water partition coefficient (Wildman–Crippen LogP) is 3.96. The van der Waals surface area contributed by atoms with Gasteiger partial charge in [-0.1, -0.05) is 75.0 Å². The number of allylic oxidation sites excluding steroid dienone is 2. The van der Waals surface area contributed by atoms with Crippen LogP contribution < -0.4 is 4.89 Å². The summed E-state index contributed by atoms with van der Waals surface area (Å²) >= 11 is 0. The molecule has 0 radical (unpaired) electrons. The maximum atomic E-state index is 10.3. The highest BCUT2D eigenvalue weighted by Gasteiger charge is 2.33. The summed E-state index contributed by atoms with van der Waals surface area (Å²) in [4.78, 5) is 29.9. The van der Waals surface area contributed by atoms with E-state index in [1.165, 1.54) is 70.6 Å². The van der Waals surface area contributed by atoms with E-state index in [0.29, 0.717) is 6.42 Å². The van der Waals surface area contributed by atoms with Crippen LogP contribution in [0, 0.1) is 0 Å². The average molecular weight is 451 g/mol. The Morgan fingerprint density at radius 3 is 1.63 bits per heavy atom. The minimum atomic E-state index is -3.31.